The van der Waals surface area contributed by atoms with Gasteiger partial charge < -0.3 is 5.11 Å². The number of hydrogen-bond acceptors (Lipinski definition) is 4. The Kier molecular flexibility index (Phi) is 3.62. The van der Waals surface area contributed by atoms with Gasteiger partial charge in [-0.05, 0) is 35.4 Å². The van der Waals surface area contributed by atoms with Crippen LogP contribution in [0.3, 0.4) is 0 Å². The Labute approximate surface area is 129 Å². The molecule has 1 atom stereocenters. The minimum absolute atomic E-state index is 0.168. The molecule has 3 rings (SSSR count). The lowest BCUT2D eigenvalue weighted by Crippen LogP contribution is -2.25. The largest absolute Gasteiger partial charge is 0.508 e. The molecule has 1 aliphatic rings. The molecule has 0 aliphatic carbocycles. The smallest absolute Gasteiger partial charge is 0.247 e. The zero-order valence-corrected chi connectivity index (χ0v) is 12.9. The van der Waals surface area contributed by atoms with Crippen LogP contribution in [0.1, 0.15) is 23.6 Å². The van der Waals surface area contributed by atoms with Crippen LogP contribution >= 0.6 is 0 Å². The highest BCUT2D eigenvalue weighted by atomic mass is 32.2. The lowest BCUT2D eigenvalue weighted by molar-refractivity contribution is 0.375. The molecule has 2 aromatic carbocycles. The van der Waals surface area contributed by atoms with Crippen molar-refractivity contribution < 1.29 is 13.5 Å². The second-order valence-electron chi connectivity index (χ2n) is 5.26. The summed E-state index contributed by atoms with van der Waals surface area (Å²) in [5.74, 6) is 0.168. The summed E-state index contributed by atoms with van der Waals surface area (Å²) < 4.78 is 25.2. The minimum Gasteiger partial charge on any atom is -0.508 e. The third-order valence-corrected chi connectivity index (χ3v) is 4.61. The fraction of sp³-hybridized carbons (Fsp3) is 0.188. The molecule has 1 N–H and O–H groups in total. The van der Waals surface area contributed by atoms with E-state index in [9.17, 15) is 13.5 Å². The lowest BCUT2D eigenvalue weighted by Gasteiger charge is -2.21. The van der Waals surface area contributed by atoms with Gasteiger partial charge in [0.15, 0.2) is 0 Å². The van der Waals surface area contributed by atoms with Gasteiger partial charge in [0.05, 0.1) is 18.0 Å². The predicted octanol–water partition coefficient (Wildman–Crippen LogP) is 2.50. The molecular formula is C16H16N2O3S. The maximum Gasteiger partial charge on any atom is 0.247 e. The molecule has 0 saturated carbocycles. The minimum atomic E-state index is -3.45. The molecule has 22 heavy (non-hydrogen) atoms. The summed E-state index contributed by atoms with van der Waals surface area (Å²) in [5.41, 5.74) is 2.41. The molecule has 114 valence electrons. The summed E-state index contributed by atoms with van der Waals surface area (Å²) >= 11 is 0. The second-order valence-corrected chi connectivity index (χ2v) is 7.10. The molecule has 0 saturated heterocycles. The van der Waals surface area contributed by atoms with Crippen LogP contribution in [0.2, 0.25) is 0 Å². The van der Waals surface area contributed by atoms with Gasteiger partial charge in [-0.2, -0.15) is 9.52 Å². The molecule has 0 amide bonds. The highest BCUT2D eigenvalue weighted by Gasteiger charge is 2.34. The van der Waals surface area contributed by atoms with Crippen molar-refractivity contribution >= 4 is 15.7 Å². The molecule has 0 radical (unpaired) electrons. The van der Waals surface area contributed by atoms with Crippen LogP contribution in [0.5, 0.6) is 5.75 Å². The Morgan fingerprint density at radius 1 is 1.09 bits per heavy atom. The summed E-state index contributed by atoms with van der Waals surface area (Å²) in [6.07, 6.45) is 1.66. The second kappa shape index (κ2) is 5.46. The van der Waals surface area contributed by atoms with Crippen molar-refractivity contribution in [1.29, 1.82) is 0 Å². The number of nitrogens with zero attached hydrogens (tertiary/aromatic N) is 2. The van der Waals surface area contributed by atoms with E-state index >= 15 is 0 Å². The summed E-state index contributed by atoms with van der Waals surface area (Å²) in [5, 5.41) is 13.7. The summed E-state index contributed by atoms with van der Waals surface area (Å²) in [7, 11) is -3.45. The van der Waals surface area contributed by atoms with Crippen molar-refractivity contribution in [1.82, 2.24) is 4.41 Å². The molecule has 0 bridgehead atoms. The first-order chi connectivity index (χ1) is 10.4. The molecule has 0 spiro atoms. The maximum absolute atomic E-state index is 12.0. The van der Waals surface area contributed by atoms with Gasteiger partial charge in [0, 0.05) is 6.42 Å². The summed E-state index contributed by atoms with van der Waals surface area (Å²) in [6.45, 7) is 0. The number of benzene rings is 2. The average Bonchev–Trinajstić information content (AvgIpc) is 2.94. The zero-order valence-electron chi connectivity index (χ0n) is 12.0. The van der Waals surface area contributed by atoms with E-state index in [0.717, 1.165) is 17.4 Å². The van der Waals surface area contributed by atoms with Crippen LogP contribution in [-0.4, -0.2) is 29.9 Å². The monoisotopic (exact) mass is 316 g/mol. The van der Waals surface area contributed by atoms with E-state index < -0.39 is 10.0 Å². The molecule has 6 heteroatoms. The van der Waals surface area contributed by atoms with E-state index in [1.54, 1.807) is 24.3 Å². The first-order valence-corrected chi connectivity index (χ1v) is 8.71. The summed E-state index contributed by atoms with van der Waals surface area (Å²) in [4.78, 5) is 0. The van der Waals surface area contributed by atoms with E-state index in [1.165, 1.54) is 4.41 Å². The third-order valence-electron chi connectivity index (χ3n) is 3.60. The fourth-order valence-corrected chi connectivity index (χ4v) is 3.45. The van der Waals surface area contributed by atoms with Crippen molar-refractivity contribution in [3.05, 3.63) is 65.7 Å². The third kappa shape index (κ3) is 2.82. The topological polar surface area (TPSA) is 70.0 Å². The normalized spacial score (nSPS) is 18.3. The fourth-order valence-electron chi connectivity index (χ4n) is 2.55. The SMILES string of the molecule is CS(=O)(=O)N1N=C(c2ccc(O)cc2)C[C@@H]1c1ccccc1. The highest BCUT2D eigenvalue weighted by Crippen LogP contribution is 2.34. The van der Waals surface area contributed by atoms with E-state index in [0.29, 0.717) is 12.1 Å². The van der Waals surface area contributed by atoms with Gasteiger partial charge in [0.2, 0.25) is 10.0 Å². The number of aromatic hydroxyl groups is 1. The van der Waals surface area contributed by atoms with Gasteiger partial charge in [-0.3, -0.25) is 0 Å². The van der Waals surface area contributed by atoms with Gasteiger partial charge in [0.1, 0.15) is 5.75 Å². The molecule has 0 fully saturated rings. The van der Waals surface area contributed by atoms with Gasteiger partial charge in [-0.1, -0.05) is 30.3 Å². The van der Waals surface area contributed by atoms with E-state index in [4.69, 9.17) is 0 Å². The number of hydrogen-bond donors (Lipinski definition) is 1. The molecular weight excluding hydrogens is 300 g/mol. The Bertz CT molecular complexity index is 799. The standard InChI is InChI=1S/C16H16N2O3S/c1-22(20,21)18-16(13-5-3-2-4-6-13)11-15(17-18)12-7-9-14(19)10-8-12/h2-10,16,19H,11H2,1H3/t16-/m1/s1. The zero-order chi connectivity index (χ0) is 15.7. The molecule has 0 unspecified atom stereocenters. The lowest BCUT2D eigenvalue weighted by atomic mass is 9.99. The van der Waals surface area contributed by atoms with Crippen LogP contribution in [0.4, 0.5) is 0 Å². The van der Waals surface area contributed by atoms with E-state index in [-0.39, 0.29) is 11.8 Å². The molecule has 2 aromatic rings. The number of rotatable bonds is 3. The summed E-state index contributed by atoms with van der Waals surface area (Å²) in [6, 6.07) is 15.7. The van der Waals surface area contributed by atoms with Crippen LogP contribution in [0.15, 0.2) is 59.7 Å². The molecule has 1 heterocycles. The van der Waals surface area contributed by atoms with E-state index in [1.807, 2.05) is 30.3 Å². The molecule has 0 aromatic heterocycles. The Balaban J connectivity index is 2.00. The average molecular weight is 316 g/mol. The van der Waals surface area contributed by atoms with Gasteiger partial charge in [-0.15, -0.1) is 0 Å². The van der Waals surface area contributed by atoms with Crippen molar-refractivity contribution in [2.75, 3.05) is 6.26 Å². The van der Waals surface area contributed by atoms with Crippen LogP contribution in [-0.2, 0) is 10.0 Å². The van der Waals surface area contributed by atoms with Crippen molar-refractivity contribution in [2.24, 2.45) is 5.10 Å². The van der Waals surface area contributed by atoms with Crippen molar-refractivity contribution in [3.8, 4) is 5.75 Å². The predicted molar refractivity (Wildman–Crippen MR) is 85.1 cm³/mol. The Morgan fingerprint density at radius 2 is 1.73 bits per heavy atom. The van der Waals surface area contributed by atoms with Crippen molar-refractivity contribution in [3.63, 3.8) is 0 Å². The first-order valence-electron chi connectivity index (χ1n) is 6.86. The van der Waals surface area contributed by atoms with Crippen LogP contribution in [0, 0.1) is 0 Å². The highest BCUT2D eigenvalue weighted by molar-refractivity contribution is 7.88. The molecule has 5 nitrogen and oxygen atoms in total. The van der Waals surface area contributed by atoms with Gasteiger partial charge in [0.25, 0.3) is 0 Å². The number of sulfonamides is 1. The van der Waals surface area contributed by atoms with Crippen LogP contribution in [0.25, 0.3) is 0 Å². The number of phenols is 1. The quantitative estimate of drug-likeness (QED) is 0.946. The first kappa shape index (κ1) is 14.6. The van der Waals surface area contributed by atoms with Crippen LogP contribution < -0.4 is 0 Å². The van der Waals surface area contributed by atoms with E-state index in [2.05, 4.69) is 5.10 Å². The Morgan fingerprint density at radius 3 is 2.32 bits per heavy atom. The Hall–Kier alpha value is -2.34. The van der Waals surface area contributed by atoms with Gasteiger partial charge in [-0.25, -0.2) is 8.42 Å². The number of hydrazone groups is 1. The number of phenolic OH excluding ortho intramolecular Hbond substituents is 1. The van der Waals surface area contributed by atoms with Gasteiger partial charge >= 0.3 is 0 Å². The molecule has 1 aliphatic heterocycles. The van der Waals surface area contributed by atoms with Crippen molar-refractivity contribution in [2.45, 2.75) is 12.5 Å². The maximum atomic E-state index is 12.0.